The number of carbonyl (C=O) groups excluding carboxylic acids is 1. The Balaban J connectivity index is 1.77. The zero-order valence-electron chi connectivity index (χ0n) is 10.1. The zero-order valence-corrected chi connectivity index (χ0v) is 11.7. The lowest BCUT2D eigenvalue weighted by Crippen LogP contribution is -2.25. The van der Waals surface area contributed by atoms with Crippen LogP contribution in [0.5, 0.6) is 0 Å². The molecule has 0 saturated heterocycles. The third kappa shape index (κ3) is 2.47. The Hall–Kier alpha value is -1.20. The van der Waals surface area contributed by atoms with Crippen molar-refractivity contribution in [3.05, 3.63) is 28.1 Å². The van der Waals surface area contributed by atoms with Crippen LogP contribution < -0.4 is 5.32 Å². The number of thiazole rings is 1. The lowest BCUT2D eigenvalue weighted by atomic mass is 10.3. The minimum Gasteiger partial charge on any atom is -0.351 e. The highest BCUT2D eigenvalue weighted by Crippen LogP contribution is 2.31. The maximum Gasteiger partial charge on any atom is 0.263 e. The lowest BCUT2D eigenvalue weighted by Gasteiger charge is -2.01. The minimum absolute atomic E-state index is 0.0275. The Morgan fingerprint density at radius 3 is 3.06 bits per heavy atom. The van der Waals surface area contributed by atoms with E-state index in [1.165, 1.54) is 24.2 Å². The smallest absolute Gasteiger partial charge is 0.263 e. The van der Waals surface area contributed by atoms with Gasteiger partial charge >= 0.3 is 0 Å². The standard InChI is InChI=1S/C13H14N2OS2/c1-8-11(12(16)14-7-9-4-5-9)18-13(15-8)10-3-2-6-17-10/h2-3,6,9H,4-5,7H2,1H3,(H,14,16). The number of thiophene rings is 1. The average molecular weight is 278 g/mol. The van der Waals surface area contributed by atoms with Crippen LogP contribution in [0.15, 0.2) is 17.5 Å². The zero-order chi connectivity index (χ0) is 12.5. The monoisotopic (exact) mass is 278 g/mol. The summed E-state index contributed by atoms with van der Waals surface area (Å²) in [6, 6.07) is 4.04. The molecule has 1 fully saturated rings. The molecule has 2 aromatic heterocycles. The van der Waals surface area contributed by atoms with Gasteiger partial charge in [-0.05, 0) is 37.1 Å². The number of nitrogens with one attached hydrogen (secondary N) is 1. The van der Waals surface area contributed by atoms with Gasteiger partial charge in [-0.15, -0.1) is 22.7 Å². The van der Waals surface area contributed by atoms with Gasteiger partial charge in [0.1, 0.15) is 9.88 Å². The highest BCUT2D eigenvalue weighted by atomic mass is 32.1. The van der Waals surface area contributed by atoms with Crippen molar-refractivity contribution in [3.63, 3.8) is 0 Å². The molecule has 0 atom stereocenters. The topological polar surface area (TPSA) is 42.0 Å². The number of hydrogen-bond acceptors (Lipinski definition) is 4. The Labute approximate surface area is 114 Å². The van der Waals surface area contributed by atoms with Crippen molar-refractivity contribution in [2.75, 3.05) is 6.54 Å². The molecule has 94 valence electrons. The van der Waals surface area contributed by atoms with E-state index in [1.54, 1.807) is 11.3 Å². The van der Waals surface area contributed by atoms with E-state index >= 15 is 0 Å². The van der Waals surface area contributed by atoms with Gasteiger partial charge in [0.15, 0.2) is 0 Å². The van der Waals surface area contributed by atoms with E-state index in [2.05, 4.69) is 10.3 Å². The van der Waals surface area contributed by atoms with Gasteiger partial charge in [-0.25, -0.2) is 4.98 Å². The van der Waals surface area contributed by atoms with E-state index in [4.69, 9.17) is 0 Å². The van der Waals surface area contributed by atoms with Crippen LogP contribution >= 0.6 is 22.7 Å². The molecular weight excluding hydrogens is 264 g/mol. The molecule has 0 bridgehead atoms. The van der Waals surface area contributed by atoms with Gasteiger partial charge in [-0.3, -0.25) is 4.79 Å². The second-order valence-electron chi connectivity index (χ2n) is 4.56. The molecule has 5 heteroatoms. The summed E-state index contributed by atoms with van der Waals surface area (Å²) < 4.78 is 0. The lowest BCUT2D eigenvalue weighted by molar-refractivity contribution is 0.0955. The fraction of sp³-hybridized carbons (Fsp3) is 0.385. The second kappa shape index (κ2) is 4.82. The van der Waals surface area contributed by atoms with Crippen molar-refractivity contribution >= 4 is 28.6 Å². The van der Waals surface area contributed by atoms with E-state index in [-0.39, 0.29) is 5.91 Å². The summed E-state index contributed by atoms with van der Waals surface area (Å²) in [6.45, 7) is 2.71. The summed E-state index contributed by atoms with van der Waals surface area (Å²) in [4.78, 5) is 18.4. The molecule has 3 rings (SSSR count). The number of nitrogens with zero attached hydrogens (tertiary/aromatic N) is 1. The predicted molar refractivity (Wildman–Crippen MR) is 75.2 cm³/mol. The van der Waals surface area contributed by atoms with Crippen LogP contribution in [0.3, 0.4) is 0 Å². The maximum absolute atomic E-state index is 12.0. The average Bonchev–Trinajstić information content (AvgIpc) is 2.88. The summed E-state index contributed by atoms with van der Waals surface area (Å²) in [6.07, 6.45) is 2.50. The van der Waals surface area contributed by atoms with Crippen LogP contribution in [0.1, 0.15) is 28.2 Å². The molecule has 1 amide bonds. The molecule has 18 heavy (non-hydrogen) atoms. The molecule has 0 aromatic carbocycles. The van der Waals surface area contributed by atoms with Crippen LogP contribution in [0.2, 0.25) is 0 Å². The number of amides is 1. The first-order valence-corrected chi connectivity index (χ1v) is 7.73. The number of aryl methyl sites for hydroxylation is 1. The first-order chi connectivity index (χ1) is 8.74. The summed E-state index contributed by atoms with van der Waals surface area (Å²) >= 11 is 3.14. The molecular formula is C13H14N2OS2. The van der Waals surface area contributed by atoms with Crippen molar-refractivity contribution < 1.29 is 4.79 Å². The molecule has 0 radical (unpaired) electrons. The summed E-state index contributed by atoms with van der Waals surface area (Å²) in [5, 5.41) is 5.97. The first kappa shape index (κ1) is 11.9. The van der Waals surface area contributed by atoms with Gasteiger partial charge in [0.05, 0.1) is 10.6 Å². The van der Waals surface area contributed by atoms with Crippen molar-refractivity contribution in [2.24, 2.45) is 5.92 Å². The van der Waals surface area contributed by atoms with Crippen LogP contribution in [0, 0.1) is 12.8 Å². The number of carbonyl (C=O) groups is 1. The summed E-state index contributed by atoms with van der Waals surface area (Å²) in [5.74, 6) is 0.735. The predicted octanol–water partition coefficient (Wildman–Crippen LogP) is 3.32. The fourth-order valence-corrected chi connectivity index (χ4v) is 3.53. The van der Waals surface area contributed by atoms with Crippen LogP contribution in [0.4, 0.5) is 0 Å². The minimum atomic E-state index is 0.0275. The van der Waals surface area contributed by atoms with E-state index in [0.29, 0.717) is 5.92 Å². The molecule has 0 spiro atoms. The van der Waals surface area contributed by atoms with Crippen molar-refractivity contribution in [2.45, 2.75) is 19.8 Å². The van der Waals surface area contributed by atoms with E-state index in [1.807, 2.05) is 24.4 Å². The normalized spacial score (nSPS) is 14.7. The maximum atomic E-state index is 12.0. The third-order valence-electron chi connectivity index (χ3n) is 2.98. The second-order valence-corrected chi connectivity index (χ2v) is 6.51. The molecule has 3 nitrogen and oxygen atoms in total. The van der Waals surface area contributed by atoms with Gasteiger partial charge in [0, 0.05) is 6.54 Å². The van der Waals surface area contributed by atoms with Crippen molar-refractivity contribution in [3.8, 4) is 9.88 Å². The first-order valence-electron chi connectivity index (χ1n) is 6.03. The number of rotatable bonds is 4. The third-order valence-corrected chi connectivity index (χ3v) is 5.18. The molecule has 1 aliphatic carbocycles. The molecule has 1 aliphatic rings. The quantitative estimate of drug-likeness (QED) is 0.932. The highest BCUT2D eigenvalue weighted by Gasteiger charge is 2.23. The van der Waals surface area contributed by atoms with Crippen LogP contribution in [-0.4, -0.2) is 17.4 Å². The van der Waals surface area contributed by atoms with Crippen molar-refractivity contribution in [1.82, 2.24) is 10.3 Å². The van der Waals surface area contributed by atoms with Gasteiger partial charge in [0.25, 0.3) is 5.91 Å². The largest absolute Gasteiger partial charge is 0.351 e. The number of hydrogen-bond donors (Lipinski definition) is 1. The van der Waals surface area contributed by atoms with E-state index in [9.17, 15) is 4.79 Å². The number of aromatic nitrogens is 1. The molecule has 1 N–H and O–H groups in total. The van der Waals surface area contributed by atoms with E-state index < -0.39 is 0 Å². The molecule has 0 aliphatic heterocycles. The SMILES string of the molecule is Cc1nc(-c2cccs2)sc1C(=O)NCC1CC1. The van der Waals surface area contributed by atoms with E-state index in [0.717, 1.165) is 27.0 Å². The Kier molecular flexibility index (Phi) is 3.18. The summed E-state index contributed by atoms with van der Waals surface area (Å²) in [7, 11) is 0. The van der Waals surface area contributed by atoms with Gasteiger partial charge in [-0.2, -0.15) is 0 Å². The molecule has 0 unspecified atom stereocenters. The Morgan fingerprint density at radius 2 is 2.39 bits per heavy atom. The van der Waals surface area contributed by atoms with Gasteiger partial charge in [-0.1, -0.05) is 6.07 Å². The Bertz CT molecular complexity index is 556. The molecule has 1 saturated carbocycles. The fourth-order valence-electron chi connectivity index (χ4n) is 1.75. The van der Waals surface area contributed by atoms with Gasteiger partial charge in [0.2, 0.25) is 0 Å². The van der Waals surface area contributed by atoms with Crippen LogP contribution in [0.25, 0.3) is 9.88 Å². The summed E-state index contributed by atoms with van der Waals surface area (Å²) in [5.41, 5.74) is 0.830. The molecule has 2 aromatic rings. The van der Waals surface area contributed by atoms with Crippen LogP contribution in [-0.2, 0) is 0 Å². The van der Waals surface area contributed by atoms with Crippen molar-refractivity contribution in [1.29, 1.82) is 0 Å². The highest BCUT2D eigenvalue weighted by molar-refractivity contribution is 7.22. The molecule has 2 heterocycles. The Morgan fingerprint density at radius 1 is 1.56 bits per heavy atom. The van der Waals surface area contributed by atoms with Gasteiger partial charge < -0.3 is 5.32 Å².